The molecule has 1 aromatic heterocycles. The number of benzene rings is 2. The smallest absolute Gasteiger partial charge is 0.407 e. The number of carbonyl (C=O) groups excluding carboxylic acids is 1. The molecule has 1 aliphatic rings. The predicted octanol–water partition coefficient (Wildman–Crippen LogP) is 5.40. The highest BCUT2D eigenvalue weighted by Crippen LogP contribution is 2.32. The Morgan fingerprint density at radius 1 is 1.03 bits per heavy atom. The highest BCUT2D eigenvalue weighted by atomic mass is 16.6. The van der Waals surface area contributed by atoms with E-state index in [-0.39, 0.29) is 12.1 Å². The highest BCUT2D eigenvalue weighted by Gasteiger charge is 2.25. The number of ether oxygens (including phenoxy) is 1. The van der Waals surface area contributed by atoms with Crippen LogP contribution in [0.1, 0.15) is 33.6 Å². The molecule has 0 radical (unpaired) electrons. The lowest BCUT2D eigenvalue weighted by molar-refractivity contribution is 0.0497. The molecule has 0 unspecified atom stereocenters. The van der Waals surface area contributed by atoms with Gasteiger partial charge in [-0.2, -0.15) is 0 Å². The van der Waals surface area contributed by atoms with Crippen LogP contribution in [-0.4, -0.2) is 35.8 Å². The molecule has 30 heavy (non-hydrogen) atoms. The van der Waals surface area contributed by atoms with E-state index in [4.69, 9.17) is 9.72 Å². The van der Waals surface area contributed by atoms with E-state index in [1.165, 1.54) is 5.69 Å². The topological polar surface area (TPSA) is 54.5 Å². The number of anilines is 1. The molecule has 4 rings (SSSR count). The minimum absolute atomic E-state index is 0.137. The fraction of sp³-hybridized carbons (Fsp3) is 0.360. The van der Waals surface area contributed by atoms with E-state index < -0.39 is 5.60 Å². The Balaban J connectivity index is 1.53. The monoisotopic (exact) mass is 403 g/mol. The van der Waals surface area contributed by atoms with Crippen molar-refractivity contribution in [2.75, 3.05) is 18.0 Å². The van der Waals surface area contributed by atoms with Gasteiger partial charge >= 0.3 is 6.09 Å². The van der Waals surface area contributed by atoms with Crippen LogP contribution < -0.4 is 10.2 Å². The Hall–Kier alpha value is -3.08. The number of nitrogens with zero attached hydrogens (tertiary/aromatic N) is 2. The quantitative estimate of drug-likeness (QED) is 0.637. The van der Waals surface area contributed by atoms with Crippen molar-refractivity contribution in [2.45, 2.75) is 45.3 Å². The summed E-state index contributed by atoms with van der Waals surface area (Å²) >= 11 is 0. The number of para-hydroxylation sites is 1. The number of amides is 1. The minimum atomic E-state index is -0.478. The van der Waals surface area contributed by atoms with Crippen LogP contribution in [0, 0.1) is 0 Å². The lowest BCUT2D eigenvalue weighted by atomic mass is 10.0. The van der Waals surface area contributed by atoms with Gasteiger partial charge in [-0.3, -0.25) is 0 Å². The fourth-order valence-electron chi connectivity index (χ4n) is 3.91. The van der Waals surface area contributed by atoms with Crippen molar-refractivity contribution < 1.29 is 9.53 Å². The van der Waals surface area contributed by atoms with Crippen molar-refractivity contribution >= 4 is 22.7 Å². The average molecular weight is 404 g/mol. The van der Waals surface area contributed by atoms with Crippen molar-refractivity contribution in [1.29, 1.82) is 0 Å². The molecule has 1 fully saturated rings. The summed E-state index contributed by atoms with van der Waals surface area (Å²) in [4.78, 5) is 19.4. The number of alkyl carbamates (subject to hydrolysis) is 1. The molecule has 0 spiro atoms. The Morgan fingerprint density at radius 3 is 2.40 bits per heavy atom. The van der Waals surface area contributed by atoms with Crippen LogP contribution >= 0.6 is 0 Å². The van der Waals surface area contributed by atoms with E-state index in [0.717, 1.165) is 48.1 Å². The lowest BCUT2D eigenvalue weighted by Crippen LogP contribution is -2.46. The second-order valence-electron chi connectivity index (χ2n) is 8.82. The molecule has 3 aromatic rings. The van der Waals surface area contributed by atoms with Gasteiger partial charge in [0.05, 0.1) is 11.2 Å². The fourth-order valence-corrected chi connectivity index (χ4v) is 3.91. The van der Waals surface area contributed by atoms with E-state index in [1.807, 2.05) is 45.0 Å². The molecule has 0 saturated carbocycles. The second-order valence-corrected chi connectivity index (χ2v) is 8.82. The largest absolute Gasteiger partial charge is 0.444 e. The molecule has 1 aliphatic heterocycles. The standard InChI is InChI=1S/C25H29N3O2/c1-25(2,3)30-24(29)26-19-13-15-28(16-14-19)23-17-22(18-9-5-4-6-10-18)27-21-12-8-7-11-20(21)23/h4-12,17,19H,13-16H2,1-3H3,(H,26,29). The van der Waals surface area contributed by atoms with Crippen molar-refractivity contribution in [3.8, 4) is 11.3 Å². The SMILES string of the molecule is CC(C)(C)OC(=O)NC1CCN(c2cc(-c3ccccc3)nc3ccccc23)CC1. The third-order valence-corrected chi connectivity index (χ3v) is 5.32. The number of piperidine rings is 1. The molecule has 1 saturated heterocycles. The number of nitrogens with one attached hydrogen (secondary N) is 1. The second kappa shape index (κ2) is 8.34. The molecule has 0 atom stereocenters. The molecule has 0 bridgehead atoms. The van der Waals surface area contributed by atoms with Gasteiger partial charge in [0.1, 0.15) is 5.60 Å². The summed E-state index contributed by atoms with van der Waals surface area (Å²) in [6.07, 6.45) is 1.44. The predicted molar refractivity (Wildman–Crippen MR) is 122 cm³/mol. The van der Waals surface area contributed by atoms with Crippen LogP contribution in [0.4, 0.5) is 10.5 Å². The van der Waals surface area contributed by atoms with Crippen LogP contribution in [0.3, 0.4) is 0 Å². The first-order valence-corrected chi connectivity index (χ1v) is 10.6. The maximum atomic E-state index is 12.1. The molecule has 156 valence electrons. The molecular weight excluding hydrogens is 374 g/mol. The van der Waals surface area contributed by atoms with Crippen molar-refractivity contribution in [3.05, 3.63) is 60.7 Å². The summed E-state index contributed by atoms with van der Waals surface area (Å²) in [5, 5.41) is 4.18. The number of fused-ring (bicyclic) bond motifs is 1. The number of hydrogen-bond donors (Lipinski definition) is 1. The van der Waals surface area contributed by atoms with Crippen LogP contribution in [0.2, 0.25) is 0 Å². The summed E-state index contributed by atoms with van der Waals surface area (Å²) < 4.78 is 5.40. The Kier molecular flexibility index (Phi) is 5.62. The van der Waals surface area contributed by atoms with Crippen LogP contribution in [0.5, 0.6) is 0 Å². The molecule has 1 amide bonds. The first-order valence-electron chi connectivity index (χ1n) is 10.6. The van der Waals surface area contributed by atoms with Gasteiger partial charge in [0.15, 0.2) is 0 Å². The zero-order valence-corrected chi connectivity index (χ0v) is 17.9. The van der Waals surface area contributed by atoms with Gasteiger partial charge in [0.25, 0.3) is 0 Å². The molecule has 5 heteroatoms. The zero-order valence-electron chi connectivity index (χ0n) is 17.9. The average Bonchev–Trinajstić information content (AvgIpc) is 2.73. The Morgan fingerprint density at radius 2 is 1.70 bits per heavy atom. The van der Waals surface area contributed by atoms with Crippen LogP contribution in [0.25, 0.3) is 22.2 Å². The number of carbonyl (C=O) groups is 1. The highest BCUT2D eigenvalue weighted by molar-refractivity contribution is 5.94. The number of pyridine rings is 1. The minimum Gasteiger partial charge on any atom is -0.444 e. The Bertz CT molecular complexity index is 1020. The van der Waals surface area contributed by atoms with E-state index >= 15 is 0 Å². The summed E-state index contributed by atoms with van der Waals surface area (Å²) in [6, 6.07) is 20.9. The molecule has 2 heterocycles. The molecule has 5 nitrogen and oxygen atoms in total. The van der Waals surface area contributed by atoms with Gasteiger partial charge < -0.3 is 15.0 Å². The van der Waals surface area contributed by atoms with Gasteiger partial charge in [-0.15, -0.1) is 0 Å². The maximum Gasteiger partial charge on any atom is 0.407 e. The number of hydrogen-bond acceptors (Lipinski definition) is 4. The van der Waals surface area contributed by atoms with Crippen LogP contribution in [-0.2, 0) is 4.74 Å². The summed E-state index contributed by atoms with van der Waals surface area (Å²) in [7, 11) is 0. The summed E-state index contributed by atoms with van der Waals surface area (Å²) in [5.74, 6) is 0. The lowest BCUT2D eigenvalue weighted by Gasteiger charge is -2.35. The van der Waals surface area contributed by atoms with E-state index in [0.29, 0.717) is 0 Å². The third-order valence-electron chi connectivity index (χ3n) is 5.32. The summed E-state index contributed by atoms with van der Waals surface area (Å²) in [5.41, 5.74) is 3.83. The zero-order chi connectivity index (χ0) is 21.1. The summed E-state index contributed by atoms with van der Waals surface area (Å²) in [6.45, 7) is 7.40. The third kappa shape index (κ3) is 4.73. The molecule has 2 aromatic carbocycles. The number of rotatable bonds is 3. The van der Waals surface area contributed by atoms with E-state index in [2.05, 4.69) is 46.6 Å². The normalized spacial score (nSPS) is 15.2. The van der Waals surface area contributed by atoms with Crippen molar-refractivity contribution in [3.63, 3.8) is 0 Å². The van der Waals surface area contributed by atoms with Gasteiger partial charge in [0.2, 0.25) is 0 Å². The van der Waals surface area contributed by atoms with E-state index in [1.54, 1.807) is 0 Å². The first-order chi connectivity index (χ1) is 14.4. The van der Waals surface area contributed by atoms with Gasteiger partial charge in [0, 0.05) is 35.8 Å². The maximum absolute atomic E-state index is 12.1. The Labute approximate surface area is 178 Å². The van der Waals surface area contributed by atoms with Crippen LogP contribution in [0.15, 0.2) is 60.7 Å². The van der Waals surface area contributed by atoms with Crippen molar-refractivity contribution in [2.24, 2.45) is 0 Å². The first kappa shape index (κ1) is 20.2. The van der Waals surface area contributed by atoms with Gasteiger partial charge in [-0.05, 0) is 45.7 Å². The van der Waals surface area contributed by atoms with Gasteiger partial charge in [-0.25, -0.2) is 9.78 Å². The number of aromatic nitrogens is 1. The van der Waals surface area contributed by atoms with E-state index in [9.17, 15) is 4.79 Å². The molecule has 0 aliphatic carbocycles. The van der Waals surface area contributed by atoms with Gasteiger partial charge in [-0.1, -0.05) is 48.5 Å². The molecular formula is C25H29N3O2. The van der Waals surface area contributed by atoms with Crippen molar-refractivity contribution in [1.82, 2.24) is 10.3 Å². The molecule has 1 N–H and O–H groups in total.